The van der Waals surface area contributed by atoms with E-state index in [1.807, 2.05) is 18.2 Å². The third-order valence-electron chi connectivity index (χ3n) is 1.65. The molecule has 0 saturated carbocycles. The second kappa shape index (κ2) is 3.65. The van der Waals surface area contributed by atoms with Gasteiger partial charge in [0.2, 0.25) is 0 Å². The van der Waals surface area contributed by atoms with Gasteiger partial charge in [0.1, 0.15) is 0 Å². The van der Waals surface area contributed by atoms with Gasteiger partial charge in [0.25, 0.3) is 0 Å². The molecule has 0 spiro atoms. The lowest BCUT2D eigenvalue weighted by molar-refractivity contribution is 0.502. The molecule has 1 N–H and O–H groups in total. The van der Waals surface area contributed by atoms with Gasteiger partial charge < -0.3 is 5.32 Å². The van der Waals surface area contributed by atoms with E-state index < -0.39 is 0 Å². The fourth-order valence-corrected chi connectivity index (χ4v) is 1.16. The summed E-state index contributed by atoms with van der Waals surface area (Å²) in [6.07, 6.45) is 0. The summed E-state index contributed by atoms with van der Waals surface area (Å²) < 4.78 is 0. The van der Waals surface area contributed by atoms with Crippen molar-refractivity contribution in [1.82, 2.24) is 5.32 Å². The Labute approximate surface area is 80.5 Å². The SMILES string of the molecule is C=C(NC(C)(C)C)c1ccccc1. The van der Waals surface area contributed by atoms with Crippen molar-refractivity contribution in [3.63, 3.8) is 0 Å². The molecule has 0 aliphatic rings. The highest BCUT2D eigenvalue weighted by molar-refractivity contribution is 5.61. The molecule has 0 amide bonds. The Balaban J connectivity index is 2.71. The van der Waals surface area contributed by atoms with Crippen LogP contribution in [0.2, 0.25) is 0 Å². The first kappa shape index (κ1) is 9.85. The van der Waals surface area contributed by atoms with Crippen LogP contribution in [0.15, 0.2) is 36.9 Å². The fourth-order valence-electron chi connectivity index (χ4n) is 1.16. The van der Waals surface area contributed by atoms with Gasteiger partial charge in [-0.2, -0.15) is 0 Å². The Morgan fingerprint density at radius 3 is 2.15 bits per heavy atom. The van der Waals surface area contributed by atoms with Gasteiger partial charge in [-0.25, -0.2) is 0 Å². The summed E-state index contributed by atoms with van der Waals surface area (Å²) in [5.74, 6) is 0. The molecule has 0 aromatic heterocycles. The van der Waals surface area contributed by atoms with Crippen molar-refractivity contribution in [1.29, 1.82) is 0 Å². The summed E-state index contributed by atoms with van der Waals surface area (Å²) in [4.78, 5) is 0. The summed E-state index contributed by atoms with van der Waals surface area (Å²) in [5, 5.41) is 3.34. The van der Waals surface area contributed by atoms with Crippen molar-refractivity contribution >= 4 is 5.70 Å². The molecule has 0 fully saturated rings. The molecule has 1 aromatic rings. The largest absolute Gasteiger partial charge is 0.380 e. The predicted molar refractivity (Wildman–Crippen MR) is 58.4 cm³/mol. The van der Waals surface area contributed by atoms with Crippen molar-refractivity contribution in [3.8, 4) is 0 Å². The molecule has 0 bridgehead atoms. The summed E-state index contributed by atoms with van der Waals surface area (Å²) in [6.45, 7) is 10.4. The second-order valence-electron chi connectivity index (χ2n) is 4.22. The molecule has 1 rings (SSSR count). The molecule has 0 aliphatic carbocycles. The second-order valence-corrected chi connectivity index (χ2v) is 4.22. The average molecular weight is 175 g/mol. The Morgan fingerprint density at radius 1 is 1.15 bits per heavy atom. The monoisotopic (exact) mass is 175 g/mol. The Bertz CT molecular complexity index is 280. The van der Waals surface area contributed by atoms with Crippen LogP contribution in [0.1, 0.15) is 26.3 Å². The van der Waals surface area contributed by atoms with Gasteiger partial charge in [-0.1, -0.05) is 36.9 Å². The highest BCUT2D eigenvalue weighted by Crippen LogP contribution is 2.12. The Kier molecular flexibility index (Phi) is 2.76. The minimum atomic E-state index is 0.0763. The molecule has 0 saturated heterocycles. The summed E-state index contributed by atoms with van der Waals surface area (Å²) in [6, 6.07) is 10.2. The summed E-state index contributed by atoms with van der Waals surface area (Å²) >= 11 is 0. The molecular formula is C12H17N. The first-order valence-electron chi connectivity index (χ1n) is 4.51. The number of nitrogens with one attached hydrogen (secondary N) is 1. The van der Waals surface area contributed by atoms with Crippen molar-refractivity contribution in [2.24, 2.45) is 0 Å². The highest BCUT2D eigenvalue weighted by Gasteiger charge is 2.10. The number of hydrogen-bond acceptors (Lipinski definition) is 1. The lowest BCUT2D eigenvalue weighted by atomic mass is 10.1. The normalized spacial score (nSPS) is 11.0. The zero-order valence-electron chi connectivity index (χ0n) is 8.59. The van der Waals surface area contributed by atoms with E-state index in [9.17, 15) is 0 Å². The quantitative estimate of drug-likeness (QED) is 0.728. The molecular weight excluding hydrogens is 158 g/mol. The van der Waals surface area contributed by atoms with Crippen LogP contribution in [-0.4, -0.2) is 5.54 Å². The molecule has 0 atom stereocenters. The maximum Gasteiger partial charge on any atom is 0.0344 e. The van der Waals surface area contributed by atoms with E-state index in [-0.39, 0.29) is 5.54 Å². The molecule has 70 valence electrons. The highest BCUT2D eigenvalue weighted by atomic mass is 15.0. The van der Waals surface area contributed by atoms with Gasteiger partial charge >= 0.3 is 0 Å². The number of hydrogen-bond donors (Lipinski definition) is 1. The summed E-state index contributed by atoms with van der Waals surface area (Å²) in [5.41, 5.74) is 2.21. The topological polar surface area (TPSA) is 12.0 Å². The molecule has 1 nitrogen and oxygen atoms in total. The van der Waals surface area contributed by atoms with Gasteiger partial charge in [-0.3, -0.25) is 0 Å². The maximum absolute atomic E-state index is 4.00. The standard InChI is InChI=1S/C12H17N/c1-10(13-12(2,3)4)11-8-6-5-7-9-11/h5-9,13H,1H2,2-4H3. The Hall–Kier alpha value is -1.24. The van der Waals surface area contributed by atoms with E-state index >= 15 is 0 Å². The molecule has 0 radical (unpaired) electrons. The Morgan fingerprint density at radius 2 is 1.69 bits per heavy atom. The van der Waals surface area contributed by atoms with E-state index in [1.165, 1.54) is 0 Å². The van der Waals surface area contributed by atoms with E-state index in [4.69, 9.17) is 0 Å². The van der Waals surface area contributed by atoms with Crippen LogP contribution >= 0.6 is 0 Å². The molecule has 0 unspecified atom stereocenters. The van der Waals surface area contributed by atoms with Gasteiger partial charge in [0.15, 0.2) is 0 Å². The number of rotatable bonds is 2. The fraction of sp³-hybridized carbons (Fsp3) is 0.333. The zero-order chi connectivity index (χ0) is 9.90. The van der Waals surface area contributed by atoms with Gasteiger partial charge in [0, 0.05) is 11.2 Å². The van der Waals surface area contributed by atoms with Crippen LogP contribution in [0.5, 0.6) is 0 Å². The van der Waals surface area contributed by atoms with E-state index in [0.717, 1.165) is 11.3 Å². The van der Waals surface area contributed by atoms with Gasteiger partial charge in [-0.15, -0.1) is 0 Å². The van der Waals surface area contributed by atoms with Crippen molar-refractivity contribution in [2.75, 3.05) is 0 Å². The lowest BCUT2D eigenvalue weighted by Crippen LogP contribution is -2.33. The van der Waals surface area contributed by atoms with Gasteiger partial charge in [0.05, 0.1) is 0 Å². The van der Waals surface area contributed by atoms with Crippen LogP contribution in [-0.2, 0) is 0 Å². The minimum absolute atomic E-state index is 0.0763. The molecule has 0 heterocycles. The summed E-state index contributed by atoms with van der Waals surface area (Å²) in [7, 11) is 0. The van der Waals surface area contributed by atoms with Crippen LogP contribution in [0.4, 0.5) is 0 Å². The van der Waals surface area contributed by atoms with E-state index in [2.05, 4.69) is 44.8 Å². The lowest BCUT2D eigenvalue weighted by Gasteiger charge is -2.23. The van der Waals surface area contributed by atoms with E-state index in [0.29, 0.717) is 0 Å². The van der Waals surface area contributed by atoms with Crippen molar-refractivity contribution in [2.45, 2.75) is 26.3 Å². The van der Waals surface area contributed by atoms with Crippen LogP contribution in [0, 0.1) is 0 Å². The van der Waals surface area contributed by atoms with Crippen LogP contribution in [0.25, 0.3) is 5.70 Å². The minimum Gasteiger partial charge on any atom is -0.380 e. The smallest absolute Gasteiger partial charge is 0.0344 e. The molecule has 0 aliphatic heterocycles. The van der Waals surface area contributed by atoms with Gasteiger partial charge in [-0.05, 0) is 26.3 Å². The van der Waals surface area contributed by atoms with Crippen LogP contribution in [0.3, 0.4) is 0 Å². The maximum atomic E-state index is 4.00. The van der Waals surface area contributed by atoms with E-state index in [1.54, 1.807) is 0 Å². The predicted octanol–water partition coefficient (Wildman–Crippen LogP) is 3.05. The first-order valence-corrected chi connectivity index (χ1v) is 4.51. The zero-order valence-corrected chi connectivity index (χ0v) is 8.59. The van der Waals surface area contributed by atoms with Crippen molar-refractivity contribution in [3.05, 3.63) is 42.5 Å². The average Bonchev–Trinajstić information content (AvgIpc) is 2.03. The molecule has 1 aromatic carbocycles. The molecule has 1 heteroatoms. The third-order valence-corrected chi connectivity index (χ3v) is 1.65. The number of benzene rings is 1. The first-order chi connectivity index (χ1) is 5.99. The van der Waals surface area contributed by atoms with Crippen molar-refractivity contribution < 1.29 is 0 Å². The third kappa shape index (κ3) is 3.32. The van der Waals surface area contributed by atoms with Crippen LogP contribution < -0.4 is 5.32 Å². The molecule has 13 heavy (non-hydrogen) atoms.